The summed E-state index contributed by atoms with van der Waals surface area (Å²) < 4.78 is 6.67. The largest absolute Gasteiger partial charge is 0.383 e. The van der Waals surface area contributed by atoms with Crippen molar-refractivity contribution >= 4 is 40.0 Å². The average Bonchev–Trinajstić information content (AvgIpc) is 2.71. The lowest BCUT2D eigenvalue weighted by Crippen LogP contribution is -2.25. The number of rotatable bonds is 8. The summed E-state index contributed by atoms with van der Waals surface area (Å²) in [6, 6.07) is 12.6. The minimum Gasteiger partial charge on any atom is -0.383 e. The lowest BCUT2D eigenvalue weighted by atomic mass is 10.1. The van der Waals surface area contributed by atoms with Crippen molar-refractivity contribution in [3.8, 4) is 0 Å². The maximum atomic E-state index is 12.9. The molecular formula is C21H21ClN2O3S. The first-order valence-electron chi connectivity index (χ1n) is 8.97. The number of halogens is 1. The Hall–Kier alpha value is -2.15. The van der Waals surface area contributed by atoms with Crippen molar-refractivity contribution in [2.75, 3.05) is 19.5 Å². The Bertz CT molecular complexity index is 1050. The van der Waals surface area contributed by atoms with Crippen LogP contribution in [0.3, 0.4) is 0 Å². The van der Waals surface area contributed by atoms with Gasteiger partial charge in [-0.25, -0.2) is 4.98 Å². The highest BCUT2D eigenvalue weighted by Crippen LogP contribution is 2.21. The molecule has 0 fully saturated rings. The second kappa shape index (κ2) is 9.37. The van der Waals surface area contributed by atoms with E-state index in [-0.39, 0.29) is 17.1 Å². The van der Waals surface area contributed by atoms with Gasteiger partial charge in [0.15, 0.2) is 10.9 Å². The van der Waals surface area contributed by atoms with Crippen molar-refractivity contribution in [2.45, 2.75) is 25.0 Å². The van der Waals surface area contributed by atoms with Crippen molar-refractivity contribution in [3.05, 3.63) is 69.0 Å². The van der Waals surface area contributed by atoms with Crippen LogP contribution in [0.5, 0.6) is 0 Å². The molecule has 0 unspecified atom stereocenters. The molecule has 5 nitrogen and oxygen atoms in total. The predicted molar refractivity (Wildman–Crippen MR) is 114 cm³/mol. The van der Waals surface area contributed by atoms with Gasteiger partial charge in [-0.05, 0) is 30.2 Å². The fourth-order valence-corrected chi connectivity index (χ4v) is 3.89. The van der Waals surface area contributed by atoms with E-state index < -0.39 is 0 Å². The topological polar surface area (TPSA) is 61.2 Å². The van der Waals surface area contributed by atoms with E-state index in [2.05, 4.69) is 11.9 Å². The summed E-state index contributed by atoms with van der Waals surface area (Å²) in [6.07, 6.45) is 0.929. The van der Waals surface area contributed by atoms with Crippen LogP contribution in [0.1, 0.15) is 22.8 Å². The quantitative estimate of drug-likeness (QED) is 0.312. The van der Waals surface area contributed by atoms with E-state index >= 15 is 0 Å². The molecule has 0 saturated carbocycles. The maximum absolute atomic E-state index is 12.9. The molecule has 0 aliphatic heterocycles. The number of ether oxygens (including phenoxy) is 1. The molecule has 7 heteroatoms. The van der Waals surface area contributed by atoms with E-state index in [1.165, 1.54) is 17.3 Å². The van der Waals surface area contributed by atoms with Crippen molar-refractivity contribution in [3.63, 3.8) is 0 Å². The summed E-state index contributed by atoms with van der Waals surface area (Å²) in [6.45, 7) is 2.81. The Labute approximate surface area is 172 Å². The van der Waals surface area contributed by atoms with Crippen LogP contribution in [0.4, 0.5) is 0 Å². The van der Waals surface area contributed by atoms with Gasteiger partial charge in [-0.15, -0.1) is 0 Å². The van der Waals surface area contributed by atoms with Gasteiger partial charge in [0.05, 0.1) is 29.8 Å². The van der Waals surface area contributed by atoms with Crippen LogP contribution < -0.4 is 5.56 Å². The second-order valence-electron chi connectivity index (χ2n) is 6.27. The van der Waals surface area contributed by atoms with E-state index in [0.717, 1.165) is 6.42 Å². The van der Waals surface area contributed by atoms with Gasteiger partial charge >= 0.3 is 0 Å². The van der Waals surface area contributed by atoms with E-state index in [4.69, 9.17) is 16.3 Å². The smallest absolute Gasteiger partial charge is 0.262 e. The third-order valence-electron chi connectivity index (χ3n) is 4.42. The van der Waals surface area contributed by atoms with Gasteiger partial charge in [0.25, 0.3) is 5.56 Å². The third kappa shape index (κ3) is 4.63. The summed E-state index contributed by atoms with van der Waals surface area (Å²) >= 11 is 7.30. The minimum atomic E-state index is -0.166. The number of hydrogen-bond donors (Lipinski definition) is 0. The molecule has 1 heterocycles. The monoisotopic (exact) mass is 416 g/mol. The molecule has 3 aromatic rings. The van der Waals surface area contributed by atoms with Crippen LogP contribution in [-0.4, -0.2) is 34.8 Å². The molecule has 0 aliphatic carbocycles. The fraction of sp³-hybridized carbons (Fsp3) is 0.286. The Morgan fingerprint density at radius 2 is 1.96 bits per heavy atom. The molecule has 2 aromatic carbocycles. The zero-order chi connectivity index (χ0) is 20.1. The zero-order valence-corrected chi connectivity index (χ0v) is 17.3. The standard InChI is InChI=1S/C21H21ClN2O3S/c1-3-14-4-6-15(7-5-14)19(25)13-28-21-23-18-12-16(22)8-9-17(18)20(26)24(21)10-11-27-2/h4-9,12H,3,10-11,13H2,1-2H3. The molecule has 0 amide bonds. The van der Waals surface area contributed by atoms with Crippen LogP contribution in [-0.2, 0) is 17.7 Å². The molecule has 1 aromatic heterocycles. The van der Waals surface area contributed by atoms with Crippen molar-refractivity contribution in [2.24, 2.45) is 0 Å². The summed E-state index contributed by atoms with van der Waals surface area (Å²) in [5, 5.41) is 1.48. The van der Waals surface area contributed by atoms with Crippen LogP contribution in [0.15, 0.2) is 52.4 Å². The van der Waals surface area contributed by atoms with Crippen LogP contribution in [0.25, 0.3) is 10.9 Å². The first-order valence-corrected chi connectivity index (χ1v) is 10.3. The average molecular weight is 417 g/mol. The molecule has 0 spiro atoms. The number of carbonyl (C=O) groups is 1. The van der Waals surface area contributed by atoms with Crippen molar-refractivity contribution in [1.29, 1.82) is 0 Å². The second-order valence-corrected chi connectivity index (χ2v) is 7.65. The fourth-order valence-electron chi connectivity index (χ4n) is 2.80. The van der Waals surface area contributed by atoms with E-state index in [9.17, 15) is 9.59 Å². The Balaban J connectivity index is 1.89. The number of carbonyl (C=O) groups excluding carboxylic acids is 1. The number of hydrogen-bond acceptors (Lipinski definition) is 5. The number of benzene rings is 2. The number of aromatic nitrogens is 2. The number of Topliss-reactive ketones (excluding diaryl/α,β-unsaturated/α-hetero) is 1. The SMILES string of the molecule is CCc1ccc(C(=O)CSc2nc3cc(Cl)ccc3c(=O)n2CCOC)cc1. The molecule has 0 bridgehead atoms. The molecule has 146 valence electrons. The molecule has 28 heavy (non-hydrogen) atoms. The molecule has 0 saturated heterocycles. The van der Waals surface area contributed by atoms with Gasteiger partial charge in [0, 0.05) is 17.7 Å². The zero-order valence-electron chi connectivity index (χ0n) is 15.8. The maximum Gasteiger partial charge on any atom is 0.262 e. The van der Waals surface area contributed by atoms with Gasteiger partial charge < -0.3 is 4.74 Å². The van der Waals surface area contributed by atoms with Crippen molar-refractivity contribution < 1.29 is 9.53 Å². The lowest BCUT2D eigenvalue weighted by Gasteiger charge is -2.12. The predicted octanol–water partition coefficient (Wildman–Crippen LogP) is 4.23. The van der Waals surface area contributed by atoms with Gasteiger partial charge in [0.1, 0.15) is 0 Å². The number of aryl methyl sites for hydroxylation is 1. The van der Waals surface area contributed by atoms with Gasteiger partial charge in [-0.2, -0.15) is 0 Å². The van der Waals surface area contributed by atoms with Crippen molar-refractivity contribution in [1.82, 2.24) is 9.55 Å². The number of nitrogens with zero attached hydrogens (tertiary/aromatic N) is 2. The number of fused-ring (bicyclic) bond motifs is 1. The Morgan fingerprint density at radius 3 is 2.64 bits per heavy atom. The summed E-state index contributed by atoms with van der Waals surface area (Å²) in [7, 11) is 1.58. The van der Waals surface area contributed by atoms with E-state index in [1.807, 2.05) is 24.3 Å². The van der Waals surface area contributed by atoms with Gasteiger partial charge in [-0.1, -0.05) is 54.6 Å². The third-order valence-corrected chi connectivity index (χ3v) is 5.63. The first-order chi connectivity index (χ1) is 13.5. The van der Waals surface area contributed by atoms with E-state index in [0.29, 0.717) is 39.8 Å². The summed E-state index contributed by atoms with van der Waals surface area (Å²) in [5.41, 5.74) is 2.19. The van der Waals surface area contributed by atoms with Gasteiger partial charge in [-0.3, -0.25) is 14.2 Å². The van der Waals surface area contributed by atoms with Crippen LogP contribution in [0, 0.1) is 0 Å². The number of thioether (sulfide) groups is 1. The summed E-state index contributed by atoms with van der Waals surface area (Å²) in [4.78, 5) is 30.0. The van der Waals surface area contributed by atoms with Gasteiger partial charge in [0.2, 0.25) is 0 Å². The highest BCUT2D eigenvalue weighted by atomic mass is 35.5. The number of ketones is 1. The lowest BCUT2D eigenvalue weighted by molar-refractivity contribution is 0.102. The Morgan fingerprint density at radius 1 is 1.21 bits per heavy atom. The highest BCUT2D eigenvalue weighted by Gasteiger charge is 2.14. The molecule has 0 radical (unpaired) electrons. The molecular weight excluding hydrogens is 396 g/mol. The number of methoxy groups -OCH3 is 1. The summed E-state index contributed by atoms with van der Waals surface area (Å²) in [5.74, 6) is 0.183. The first kappa shape index (κ1) is 20.6. The Kier molecular flexibility index (Phi) is 6.88. The van der Waals surface area contributed by atoms with Crippen LogP contribution in [0.2, 0.25) is 5.02 Å². The molecule has 0 aliphatic rings. The van der Waals surface area contributed by atoms with Crippen LogP contribution >= 0.6 is 23.4 Å². The molecule has 0 N–H and O–H groups in total. The highest BCUT2D eigenvalue weighted by molar-refractivity contribution is 7.99. The normalized spacial score (nSPS) is 11.1. The van der Waals surface area contributed by atoms with E-state index in [1.54, 1.807) is 29.9 Å². The minimum absolute atomic E-state index is 0.00798. The molecule has 3 rings (SSSR count). The molecule has 0 atom stereocenters.